The lowest BCUT2D eigenvalue weighted by Crippen LogP contribution is -2.51. The van der Waals surface area contributed by atoms with Crippen molar-refractivity contribution in [1.29, 1.82) is 5.26 Å². The van der Waals surface area contributed by atoms with Crippen LogP contribution in [0.1, 0.15) is 30.4 Å². The Labute approximate surface area is 219 Å². The van der Waals surface area contributed by atoms with Crippen molar-refractivity contribution in [3.05, 3.63) is 66.2 Å². The van der Waals surface area contributed by atoms with E-state index in [-0.39, 0.29) is 23.5 Å². The molecule has 0 aromatic heterocycles. The summed E-state index contributed by atoms with van der Waals surface area (Å²) in [6.07, 6.45) is -9.19. The lowest BCUT2D eigenvalue weighted by molar-refractivity contribution is -0.151. The molecule has 0 fully saturated rings. The second-order valence-electron chi connectivity index (χ2n) is 8.73. The molecule has 2 aromatic carbocycles. The van der Waals surface area contributed by atoms with Gasteiger partial charge in [-0.2, -0.15) is 18.4 Å². The molecule has 206 valence electrons. The third-order valence-electron chi connectivity index (χ3n) is 6.18. The molecular weight excluding hydrogens is 527 g/mol. The van der Waals surface area contributed by atoms with Gasteiger partial charge in [0.05, 0.1) is 41.4 Å². The molecule has 2 amide bonds. The van der Waals surface area contributed by atoms with E-state index in [0.29, 0.717) is 5.69 Å². The summed E-state index contributed by atoms with van der Waals surface area (Å²) < 4.78 is 66.4. The summed E-state index contributed by atoms with van der Waals surface area (Å²) >= 11 is 0. The van der Waals surface area contributed by atoms with Crippen LogP contribution >= 0.6 is 0 Å². The summed E-state index contributed by atoms with van der Waals surface area (Å²) in [7, 11) is 0. The summed E-state index contributed by atoms with van der Waals surface area (Å²) in [6.45, 7) is 2.93. The second kappa shape index (κ2) is 11.9. The van der Waals surface area contributed by atoms with E-state index in [0.717, 1.165) is 12.1 Å². The normalized spacial score (nSPS) is 16.8. The number of nitrogens with one attached hydrogen (secondary N) is 2. The van der Waals surface area contributed by atoms with Gasteiger partial charge in [-0.1, -0.05) is 24.3 Å². The van der Waals surface area contributed by atoms with Gasteiger partial charge in [-0.25, -0.2) is 8.78 Å². The van der Waals surface area contributed by atoms with Crippen LogP contribution in [0.15, 0.2) is 55.1 Å². The van der Waals surface area contributed by atoms with Crippen LogP contribution in [0.4, 0.5) is 39.0 Å². The molecule has 0 radical (unpaired) electrons. The van der Waals surface area contributed by atoms with Gasteiger partial charge in [-0.3, -0.25) is 14.4 Å². The molecule has 0 bridgehead atoms. The molecule has 1 heterocycles. The highest BCUT2D eigenvalue weighted by molar-refractivity contribution is 6.03. The molecule has 3 rings (SSSR count). The Morgan fingerprint density at radius 2 is 1.95 bits per heavy atom. The van der Waals surface area contributed by atoms with Gasteiger partial charge in [0.2, 0.25) is 11.8 Å². The van der Waals surface area contributed by atoms with Crippen molar-refractivity contribution < 1.29 is 41.4 Å². The standard InChI is InChI=1S/C26H23F5N4O4/c1-2-16(25(38)39)17(9-10-26(29,30)31)23(36)33-19-13-35(15-6-3-5-14(11-15)12-32)20-8-4-7-18(22(27)28)21(20)34-24(19)37/h2-8,11,16-17,19,22H,1,9-10,13H2,(H,33,36)(H,34,37)(H,38,39)/t16-,17+,19-/m0/s1. The first-order valence-corrected chi connectivity index (χ1v) is 11.6. The number of rotatable bonds is 9. The van der Waals surface area contributed by atoms with Gasteiger partial charge in [0.25, 0.3) is 6.43 Å². The summed E-state index contributed by atoms with van der Waals surface area (Å²) in [6, 6.07) is 10.3. The fraction of sp³-hybridized carbons (Fsp3) is 0.308. The minimum atomic E-state index is -4.68. The van der Waals surface area contributed by atoms with Crippen molar-refractivity contribution in [3.8, 4) is 6.07 Å². The molecular formula is C26H23F5N4O4. The largest absolute Gasteiger partial charge is 0.481 e. The van der Waals surface area contributed by atoms with Crippen LogP contribution in [0.2, 0.25) is 0 Å². The van der Waals surface area contributed by atoms with E-state index in [9.17, 15) is 46.7 Å². The highest BCUT2D eigenvalue weighted by atomic mass is 19.4. The maximum Gasteiger partial charge on any atom is 0.389 e. The number of nitriles is 1. The zero-order valence-electron chi connectivity index (χ0n) is 20.2. The number of nitrogens with zero attached hydrogens (tertiary/aromatic N) is 2. The monoisotopic (exact) mass is 550 g/mol. The van der Waals surface area contributed by atoms with Crippen LogP contribution in [0.25, 0.3) is 0 Å². The van der Waals surface area contributed by atoms with E-state index >= 15 is 0 Å². The Balaban J connectivity index is 2.03. The molecule has 0 aliphatic carbocycles. The van der Waals surface area contributed by atoms with Crippen molar-refractivity contribution >= 4 is 34.8 Å². The van der Waals surface area contributed by atoms with E-state index in [4.69, 9.17) is 0 Å². The molecule has 1 aliphatic heterocycles. The number of para-hydroxylation sites is 1. The number of alkyl halides is 5. The lowest BCUT2D eigenvalue weighted by Gasteiger charge is -2.29. The van der Waals surface area contributed by atoms with Crippen molar-refractivity contribution in [3.63, 3.8) is 0 Å². The third kappa shape index (κ3) is 6.90. The Bertz CT molecular complexity index is 1310. The topological polar surface area (TPSA) is 123 Å². The molecule has 0 unspecified atom stereocenters. The second-order valence-corrected chi connectivity index (χ2v) is 8.73. The van der Waals surface area contributed by atoms with Gasteiger partial charge in [-0.15, -0.1) is 6.58 Å². The molecule has 0 saturated heterocycles. The highest BCUT2D eigenvalue weighted by Gasteiger charge is 2.39. The number of carbonyl (C=O) groups is 3. The van der Waals surface area contributed by atoms with E-state index in [1.165, 1.54) is 35.2 Å². The van der Waals surface area contributed by atoms with Gasteiger partial charge < -0.3 is 20.6 Å². The number of benzene rings is 2. The third-order valence-corrected chi connectivity index (χ3v) is 6.18. The minimum absolute atomic E-state index is 0.121. The zero-order chi connectivity index (χ0) is 28.9. The summed E-state index contributed by atoms with van der Waals surface area (Å²) in [4.78, 5) is 39.3. The van der Waals surface area contributed by atoms with Crippen LogP contribution in [-0.4, -0.2) is 41.7 Å². The van der Waals surface area contributed by atoms with Gasteiger partial charge in [0, 0.05) is 17.7 Å². The molecule has 13 heteroatoms. The van der Waals surface area contributed by atoms with E-state index in [1.54, 1.807) is 6.07 Å². The van der Waals surface area contributed by atoms with Crippen LogP contribution in [0, 0.1) is 23.2 Å². The Morgan fingerprint density at radius 1 is 1.26 bits per heavy atom. The first-order valence-electron chi connectivity index (χ1n) is 11.6. The number of anilines is 3. The summed E-state index contributed by atoms with van der Waals surface area (Å²) in [5.74, 6) is -7.10. The first-order chi connectivity index (χ1) is 18.4. The number of hydrogen-bond donors (Lipinski definition) is 3. The molecule has 8 nitrogen and oxygen atoms in total. The number of aliphatic carboxylic acids is 1. The lowest BCUT2D eigenvalue weighted by atomic mass is 9.87. The molecule has 2 aromatic rings. The number of halogens is 5. The quantitative estimate of drug-likeness (QED) is 0.301. The first kappa shape index (κ1) is 29.1. The van der Waals surface area contributed by atoms with Crippen molar-refractivity contribution in [2.24, 2.45) is 11.8 Å². The summed E-state index contributed by atoms with van der Waals surface area (Å²) in [5, 5.41) is 23.4. The molecule has 3 N–H and O–H groups in total. The molecule has 39 heavy (non-hydrogen) atoms. The number of carboxylic acid groups (broad SMARTS) is 1. The SMILES string of the molecule is C=C[C@H](C(=O)O)[C@@H](CCC(F)(F)F)C(=O)N[C@H]1CN(c2cccc(C#N)c2)c2cccc(C(F)F)c2NC1=O. The molecule has 3 atom stereocenters. The number of amides is 2. The predicted molar refractivity (Wildman–Crippen MR) is 130 cm³/mol. The Morgan fingerprint density at radius 3 is 2.54 bits per heavy atom. The van der Waals surface area contributed by atoms with Crippen LogP contribution in [0.3, 0.4) is 0 Å². The molecule has 0 spiro atoms. The van der Waals surface area contributed by atoms with Gasteiger partial charge in [0.15, 0.2) is 0 Å². The number of carbonyl (C=O) groups excluding carboxylic acids is 2. The van der Waals surface area contributed by atoms with Gasteiger partial charge in [-0.05, 0) is 30.7 Å². The smallest absolute Gasteiger partial charge is 0.389 e. The van der Waals surface area contributed by atoms with E-state index in [1.807, 2.05) is 6.07 Å². The maximum absolute atomic E-state index is 13.8. The number of fused-ring (bicyclic) bond motifs is 1. The maximum atomic E-state index is 13.8. The Kier molecular flexibility index (Phi) is 8.90. The number of carboxylic acids is 1. The Hall–Kier alpha value is -4.47. The van der Waals surface area contributed by atoms with Gasteiger partial charge in [0.1, 0.15) is 6.04 Å². The van der Waals surface area contributed by atoms with Crippen molar-refractivity contribution in [1.82, 2.24) is 5.32 Å². The minimum Gasteiger partial charge on any atom is -0.481 e. The molecule has 1 aliphatic rings. The van der Waals surface area contributed by atoms with Crippen molar-refractivity contribution in [2.75, 3.05) is 16.8 Å². The van der Waals surface area contributed by atoms with E-state index in [2.05, 4.69) is 17.2 Å². The van der Waals surface area contributed by atoms with Crippen LogP contribution in [-0.2, 0) is 14.4 Å². The fourth-order valence-corrected chi connectivity index (χ4v) is 4.28. The average molecular weight is 550 g/mol. The van der Waals surface area contributed by atoms with Crippen molar-refractivity contribution in [2.45, 2.75) is 31.5 Å². The predicted octanol–water partition coefficient (Wildman–Crippen LogP) is 4.92. The fourth-order valence-electron chi connectivity index (χ4n) is 4.28. The zero-order valence-corrected chi connectivity index (χ0v) is 20.2. The van der Waals surface area contributed by atoms with Gasteiger partial charge >= 0.3 is 12.1 Å². The number of hydrogen-bond acceptors (Lipinski definition) is 5. The van der Waals surface area contributed by atoms with Crippen LogP contribution < -0.4 is 15.5 Å². The van der Waals surface area contributed by atoms with Crippen LogP contribution in [0.5, 0.6) is 0 Å². The average Bonchev–Trinajstić information content (AvgIpc) is 3.01. The van der Waals surface area contributed by atoms with E-state index < -0.39 is 66.7 Å². The highest BCUT2D eigenvalue weighted by Crippen LogP contribution is 2.40. The summed E-state index contributed by atoms with van der Waals surface area (Å²) in [5.41, 5.74) is -0.128. The molecule has 0 saturated carbocycles.